The van der Waals surface area contributed by atoms with Crippen LogP contribution in [0.25, 0.3) is 0 Å². The third-order valence-electron chi connectivity index (χ3n) is 3.64. The Labute approximate surface area is 150 Å². The minimum Gasteiger partial charge on any atom is -0.494 e. The maximum atomic E-state index is 12.0. The van der Waals surface area contributed by atoms with E-state index in [9.17, 15) is 14.9 Å². The normalized spacial score (nSPS) is 10.4. The van der Waals surface area contributed by atoms with E-state index in [2.05, 4.69) is 5.32 Å². The number of amides is 1. The van der Waals surface area contributed by atoms with E-state index in [0.29, 0.717) is 41.5 Å². The number of hydrogen-bond acceptors (Lipinski definition) is 4. The van der Waals surface area contributed by atoms with E-state index in [1.54, 1.807) is 25.1 Å². The Balaban J connectivity index is 1.79. The minimum atomic E-state index is -0.464. The van der Waals surface area contributed by atoms with Crippen LogP contribution < -0.4 is 10.1 Å². The number of halogens is 1. The van der Waals surface area contributed by atoms with E-state index in [1.807, 2.05) is 13.0 Å². The average molecular weight is 363 g/mol. The molecule has 0 atom stereocenters. The molecular weight excluding hydrogens is 344 g/mol. The van der Waals surface area contributed by atoms with Crippen molar-refractivity contribution in [1.82, 2.24) is 0 Å². The number of nitro groups is 1. The zero-order valence-corrected chi connectivity index (χ0v) is 14.8. The highest BCUT2D eigenvalue weighted by atomic mass is 35.5. The van der Waals surface area contributed by atoms with Gasteiger partial charge in [-0.05, 0) is 55.7 Å². The highest BCUT2D eigenvalue weighted by Crippen LogP contribution is 2.22. The van der Waals surface area contributed by atoms with E-state index in [0.717, 1.165) is 5.56 Å². The monoisotopic (exact) mass is 362 g/mol. The zero-order valence-electron chi connectivity index (χ0n) is 14.0. The van der Waals surface area contributed by atoms with Gasteiger partial charge >= 0.3 is 0 Å². The van der Waals surface area contributed by atoms with E-state index >= 15 is 0 Å². The fourth-order valence-electron chi connectivity index (χ4n) is 2.24. The first-order valence-electron chi connectivity index (χ1n) is 7.80. The van der Waals surface area contributed by atoms with Gasteiger partial charge in [0.15, 0.2) is 0 Å². The lowest BCUT2D eigenvalue weighted by Gasteiger charge is -2.09. The number of non-ortho nitro benzene ring substituents is 1. The molecule has 0 spiro atoms. The van der Waals surface area contributed by atoms with Crippen molar-refractivity contribution in [3.63, 3.8) is 0 Å². The molecule has 2 rings (SSSR count). The third-order valence-corrected chi connectivity index (χ3v) is 4.07. The van der Waals surface area contributed by atoms with E-state index in [-0.39, 0.29) is 11.6 Å². The smallest absolute Gasteiger partial charge is 0.269 e. The summed E-state index contributed by atoms with van der Waals surface area (Å²) in [6.45, 7) is 4.03. The Hall–Kier alpha value is -2.60. The van der Waals surface area contributed by atoms with E-state index in [1.165, 1.54) is 12.1 Å². The third kappa shape index (κ3) is 5.46. The predicted octanol–water partition coefficient (Wildman–Crippen LogP) is 4.66. The lowest BCUT2D eigenvalue weighted by Crippen LogP contribution is -2.13. The van der Waals surface area contributed by atoms with Crippen LogP contribution in [0.2, 0.25) is 5.02 Å². The fourth-order valence-corrected chi connectivity index (χ4v) is 2.36. The predicted molar refractivity (Wildman–Crippen MR) is 97.4 cm³/mol. The molecule has 0 radical (unpaired) electrons. The molecule has 0 aliphatic heterocycles. The number of aryl methyl sites for hydroxylation is 2. The van der Waals surface area contributed by atoms with Crippen LogP contribution >= 0.6 is 11.6 Å². The molecule has 25 heavy (non-hydrogen) atoms. The lowest BCUT2D eigenvalue weighted by molar-refractivity contribution is -0.384. The molecule has 7 heteroatoms. The van der Waals surface area contributed by atoms with Gasteiger partial charge < -0.3 is 10.1 Å². The molecule has 0 fully saturated rings. The summed E-state index contributed by atoms with van der Waals surface area (Å²) < 4.78 is 5.59. The summed E-state index contributed by atoms with van der Waals surface area (Å²) in [6, 6.07) is 9.75. The SMILES string of the molecule is Cc1cc(OCCCC(=O)Nc2ccc([N+](=O)[O-])cc2C)ccc1Cl. The van der Waals surface area contributed by atoms with Crippen molar-refractivity contribution in [2.45, 2.75) is 26.7 Å². The highest BCUT2D eigenvalue weighted by molar-refractivity contribution is 6.31. The number of nitrogens with one attached hydrogen (secondary N) is 1. The number of carbonyl (C=O) groups excluding carboxylic acids is 1. The molecule has 0 aliphatic carbocycles. The quantitative estimate of drug-likeness (QED) is 0.441. The van der Waals surface area contributed by atoms with Crippen LogP contribution in [0.3, 0.4) is 0 Å². The van der Waals surface area contributed by atoms with Gasteiger partial charge in [0.1, 0.15) is 5.75 Å². The summed E-state index contributed by atoms with van der Waals surface area (Å²) in [7, 11) is 0. The number of anilines is 1. The molecule has 1 N–H and O–H groups in total. The van der Waals surface area contributed by atoms with Crippen LogP contribution in [0, 0.1) is 24.0 Å². The summed E-state index contributed by atoms with van der Waals surface area (Å²) in [5.74, 6) is 0.557. The molecule has 0 saturated carbocycles. The molecule has 132 valence electrons. The van der Waals surface area contributed by atoms with Gasteiger partial charge in [0, 0.05) is 29.3 Å². The van der Waals surface area contributed by atoms with Gasteiger partial charge in [0.05, 0.1) is 11.5 Å². The molecule has 0 bridgehead atoms. The van der Waals surface area contributed by atoms with Gasteiger partial charge in [0.2, 0.25) is 5.91 Å². The second kappa shape index (κ2) is 8.48. The van der Waals surface area contributed by atoms with Gasteiger partial charge in [0.25, 0.3) is 5.69 Å². The van der Waals surface area contributed by atoms with E-state index in [4.69, 9.17) is 16.3 Å². The molecule has 0 saturated heterocycles. The molecule has 0 unspecified atom stereocenters. The van der Waals surface area contributed by atoms with Crippen LogP contribution in [0.4, 0.5) is 11.4 Å². The van der Waals surface area contributed by atoms with Crippen LogP contribution in [0.1, 0.15) is 24.0 Å². The van der Waals surface area contributed by atoms with Crippen molar-refractivity contribution < 1.29 is 14.5 Å². The maximum Gasteiger partial charge on any atom is 0.269 e. The Morgan fingerprint density at radius 2 is 1.96 bits per heavy atom. The van der Waals surface area contributed by atoms with Crippen LogP contribution in [-0.4, -0.2) is 17.4 Å². The molecular formula is C18H19ClN2O4. The van der Waals surface area contributed by atoms with Gasteiger partial charge in [-0.3, -0.25) is 14.9 Å². The number of benzene rings is 2. The summed E-state index contributed by atoms with van der Waals surface area (Å²) in [6.07, 6.45) is 0.850. The number of nitro benzene ring substituents is 1. The molecule has 0 aromatic heterocycles. The first kappa shape index (κ1) is 18.7. The molecule has 6 nitrogen and oxygen atoms in total. The lowest BCUT2D eigenvalue weighted by atomic mass is 10.1. The van der Waals surface area contributed by atoms with Crippen molar-refractivity contribution >= 4 is 28.9 Å². The van der Waals surface area contributed by atoms with Crippen molar-refractivity contribution in [2.75, 3.05) is 11.9 Å². The average Bonchev–Trinajstić information content (AvgIpc) is 2.56. The largest absolute Gasteiger partial charge is 0.494 e. The number of ether oxygens (including phenoxy) is 1. The Kier molecular flexibility index (Phi) is 6.36. The van der Waals surface area contributed by atoms with Crippen molar-refractivity contribution in [3.8, 4) is 5.75 Å². The van der Waals surface area contributed by atoms with Crippen molar-refractivity contribution in [1.29, 1.82) is 0 Å². The second-order valence-electron chi connectivity index (χ2n) is 5.67. The summed E-state index contributed by atoms with van der Waals surface area (Å²) in [4.78, 5) is 22.2. The number of carbonyl (C=O) groups is 1. The summed E-state index contributed by atoms with van der Waals surface area (Å²) >= 11 is 5.95. The molecule has 2 aromatic carbocycles. The first-order chi connectivity index (χ1) is 11.9. The van der Waals surface area contributed by atoms with Crippen LogP contribution in [-0.2, 0) is 4.79 Å². The summed E-state index contributed by atoms with van der Waals surface area (Å²) in [5.41, 5.74) is 2.16. The Morgan fingerprint density at radius 1 is 1.20 bits per heavy atom. The number of rotatable bonds is 7. The van der Waals surface area contributed by atoms with Gasteiger partial charge in [-0.25, -0.2) is 0 Å². The van der Waals surface area contributed by atoms with Crippen LogP contribution in [0.5, 0.6) is 5.75 Å². The minimum absolute atomic E-state index is 0.00200. The Bertz CT molecular complexity index is 793. The number of nitrogens with zero attached hydrogens (tertiary/aromatic N) is 1. The molecule has 0 aliphatic rings. The van der Waals surface area contributed by atoms with Gasteiger partial charge in [-0.2, -0.15) is 0 Å². The topological polar surface area (TPSA) is 81.5 Å². The molecule has 2 aromatic rings. The Morgan fingerprint density at radius 3 is 2.60 bits per heavy atom. The molecule has 0 heterocycles. The van der Waals surface area contributed by atoms with Crippen LogP contribution in [0.15, 0.2) is 36.4 Å². The van der Waals surface area contributed by atoms with E-state index < -0.39 is 4.92 Å². The van der Waals surface area contributed by atoms with Crippen molar-refractivity contribution in [2.24, 2.45) is 0 Å². The van der Waals surface area contributed by atoms with Gasteiger partial charge in [-0.1, -0.05) is 11.6 Å². The standard InChI is InChI=1S/C18H19ClN2O4/c1-12-11-15(6-7-16(12)19)25-9-3-4-18(22)20-17-8-5-14(21(23)24)10-13(17)2/h5-8,10-11H,3-4,9H2,1-2H3,(H,20,22). The maximum absolute atomic E-state index is 12.0. The molecule has 1 amide bonds. The van der Waals surface area contributed by atoms with Crippen molar-refractivity contribution in [3.05, 3.63) is 62.7 Å². The second-order valence-corrected chi connectivity index (χ2v) is 6.07. The number of hydrogen-bond donors (Lipinski definition) is 1. The fraction of sp³-hybridized carbons (Fsp3) is 0.278. The van der Waals surface area contributed by atoms with Gasteiger partial charge in [-0.15, -0.1) is 0 Å². The zero-order chi connectivity index (χ0) is 18.4. The highest BCUT2D eigenvalue weighted by Gasteiger charge is 2.10. The first-order valence-corrected chi connectivity index (χ1v) is 8.18. The summed E-state index contributed by atoms with van der Waals surface area (Å²) in [5, 5.41) is 14.2.